The molecule has 0 spiro atoms. The van der Waals surface area contributed by atoms with Crippen molar-refractivity contribution in [2.24, 2.45) is 29.1 Å². The van der Waals surface area contributed by atoms with E-state index in [1.54, 1.807) is 0 Å². The van der Waals surface area contributed by atoms with E-state index < -0.39 is 13.7 Å². The molecule has 3 rings (SSSR count). The molecule has 0 radical (unpaired) electrons. The minimum absolute atomic E-state index is 0.00803. The molecular formula is C26H40O3Si. The lowest BCUT2D eigenvalue weighted by Gasteiger charge is -2.46. The molecule has 0 unspecified atom stereocenters. The molecule has 3 nitrogen and oxygen atoms in total. The summed E-state index contributed by atoms with van der Waals surface area (Å²) in [7, 11) is -0.397. The molecule has 1 aromatic carbocycles. The summed E-state index contributed by atoms with van der Waals surface area (Å²) in [5.41, 5.74) is 0.558. The van der Waals surface area contributed by atoms with Gasteiger partial charge in [0.05, 0.1) is 18.6 Å². The SMILES string of the molecule is COC(=O)[C@@]1(C)[C@H]2[C@H](C)[C@@H](O[Si](C)(C)C(C)(C)C)[C@@H](C)[C@@H]2C=C[C@@H]1c1ccccc1. The van der Waals surface area contributed by atoms with Crippen molar-refractivity contribution in [1.82, 2.24) is 0 Å². The maximum absolute atomic E-state index is 13.3. The number of rotatable bonds is 4. The first-order chi connectivity index (χ1) is 13.9. The lowest BCUT2D eigenvalue weighted by atomic mass is 9.57. The van der Waals surface area contributed by atoms with Gasteiger partial charge in [-0.05, 0) is 54.3 Å². The third-order valence-electron chi connectivity index (χ3n) is 8.51. The van der Waals surface area contributed by atoms with E-state index in [0.29, 0.717) is 11.8 Å². The van der Waals surface area contributed by atoms with Crippen LogP contribution in [0.2, 0.25) is 18.1 Å². The highest BCUT2D eigenvalue weighted by Crippen LogP contribution is 2.60. The van der Waals surface area contributed by atoms with Crippen LogP contribution < -0.4 is 0 Å². The molecule has 7 atom stereocenters. The molecule has 2 aliphatic rings. The van der Waals surface area contributed by atoms with Gasteiger partial charge in [0.1, 0.15) is 0 Å². The monoisotopic (exact) mass is 428 g/mol. The number of methoxy groups -OCH3 is 1. The van der Waals surface area contributed by atoms with Crippen molar-refractivity contribution in [3.63, 3.8) is 0 Å². The number of carbonyl (C=O) groups is 1. The van der Waals surface area contributed by atoms with Crippen molar-refractivity contribution >= 4 is 14.3 Å². The quantitative estimate of drug-likeness (QED) is 0.315. The molecule has 0 amide bonds. The van der Waals surface area contributed by atoms with E-state index in [2.05, 4.69) is 91.1 Å². The van der Waals surface area contributed by atoms with Gasteiger partial charge in [-0.15, -0.1) is 0 Å². The van der Waals surface area contributed by atoms with Crippen molar-refractivity contribution < 1.29 is 14.0 Å². The van der Waals surface area contributed by atoms with Crippen LogP contribution in [-0.2, 0) is 14.0 Å². The number of fused-ring (bicyclic) bond motifs is 1. The van der Waals surface area contributed by atoms with Crippen LogP contribution in [0, 0.1) is 29.1 Å². The normalized spacial score (nSPS) is 36.4. The van der Waals surface area contributed by atoms with Crippen LogP contribution in [0.15, 0.2) is 42.5 Å². The van der Waals surface area contributed by atoms with Gasteiger partial charge in [-0.25, -0.2) is 0 Å². The molecule has 2 aliphatic carbocycles. The third kappa shape index (κ3) is 3.60. The Morgan fingerprint density at radius 1 is 1.03 bits per heavy atom. The van der Waals surface area contributed by atoms with Gasteiger partial charge in [0.25, 0.3) is 0 Å². The highest BCUT2D eigenvalue weighted by atomic mass is 28.4. The maximum atomic E-state index is 13.3. The van der Waals surface area contributed by atoms with E-state index >= 15 is 0 Å². The molecule has 0 N–H and O–H groups in total. The predicted octanol–water partition coefficient (Wildman–Crippen LogP) is 6.43. The molecule has 166 valence electrons. The number of allylic oxidation sites excluding steroid dienone is 2. The van der Waals surface area contributed by atoms with Gasteiger partial charge in [0, 0.05) is 5.92 Å². The Kier molecular flexibility index (Phi) is 6.16. The summed E-state index contributed by atoms with van der Waals surface area (Å²) in [6.07, 6.45) is 4.78. The first-order valence-electron chi connectivity index (χ1n) is 11.4. The van der Waals surface area contributed by atoms with Gasteiger partial charge in [0.15, 0.2) is 8.32 Å². The fraction of sp³-hybridized carbons (Fsp3) is 0.654. The van der Waals surface area contributed by atoms with E-state index in [4.69, 9.17) is 9.16 Å². The van der Waals surface area contributed by atoms with Gasteiger partial charge >= 0.3 is 5.97 Å². The lowest BCUT2D eigenvalue weighted by Crippen LogP contribution is -2.48. The van der Waals surface area contributed by atoms with Crippen molar-refractivity contribution in [1.29, 1.82) is 0 Å². The Bertz CT molecular complexity index is 794. The molecule has 0 aromatic heterocycles. The lowest BCUT2D eigenvalue weighted by molar-refractivity contribution is -0.159. The second-order valence-corrected chi connectivity index (χ2v) is 16.0. The molecule has 0 aliphatic heterocycles. The fourth-order valence-electron chi connectivity index (χ4n) is 5.80. The van der Waals surface area contributed by atoms with Crippen LogP contribution in [0.3, 0.4) is 0 Å². The largest absolute Gasteiger partial charge is 0.469 e. The first kappa shape index (κ1) is 23.3. The minimum atomic E-state index is -1.92. The van der Waals surface area contributed by atoms with E-state index in [9.17, 15) is 4.79 Å². The Hall–Kier alpha value is -1.39. The number of esters is 1. The second-order valence-electron chi connectivity index (χ2n) is 11.2. The highest BCUT2D eigenvalue weighted by Gasteiger charge is 2.61. The second kappa shape index (κ2) is 7.94. The third-order valence-corrected chi connectivity index (χ3v) is 13.0. The van der Waals surface area contributed by atoms with Gasteiger partial charge < -0.3 is 9.16 Å². The summed E-state index contributed by atoms with van der Waals surface area (Å²) in [4.78, 5) is 13.3. The Balaban J connectivity index is 2.04. The minimum Gasteiger partial charge on any atom is -0.469 e. The molecule has 1 saturated carbocycles. The predicted molar refractivity (Wildman–Crippen MR) is 126 cm³/mol. The number of benzene rings is 1. The summed E-state index contributed by atoms with van der Waals surface area (Å²) < 4.78 is 12.4. The van der Waals surface area contributed by atoms with E-state index in [-0.39, 0.29) is 34.9 Å². The standard InChI is InChI=1S/C26H40O3Si/c1-17-20-15-16-21(19-13-11-10-12-14-19)26(6,24(27)28-7)22(20)18(2)23(17)29-30(8,9)25(3,4)5/h10-18,20-23H,1-9H3/t17-,18-,20-,21+,22-,23-,26+/m0/s1. The zero-order valence-electron chi connectivity index (χ0n) is 20.2. The number of hydrogen-bond acceptors (Lipinski definition) is 3. The van der Waals surface area contributed by atoms with Crippen LogP contribution in [0.25, 0.3) is 0 Å². The van der Waals surface area contributed by atoms with Crippen molar-refractivity contribution in [3.05, 3.63) is 48.0 Å². The molecule has 30 heavy (non-hydrogen) atoms. The summed E-state index contributed by atoms with van der Waals surface area (Å²) >= 11 is 0. The van der Waals surface area contributed by atoms with Gasteiger partial charge in [-0.3, -0.25) is 4.79 Å². The van der Waals surface area contributed by atoms with Crippen molar-refractivity contribution in [2.75, 3.05) is 7.11 Å². The van der Waals surface area contributed by atoms with E-state index in [1.165, 1.54) is 12.7 Å². The zero-order chi connectivity index (χ0) is 22.5. The number of hydrogen-bond donors (Lipinski definition) is 0. The Morgan fingerprint density at radius 2 is 1.63 bits per heavy atom. The van der Waals surface area contributed by atoms with E-state index in [0.717, 1.165) is 0 Å². The highest BCUT2D eigenvalue weighted by molar-refractivity contribution is 6.74. The van der Waals surface area contributed by atoms with E-state index in [1.807, 2.05) is 6.07 Å². The summed E-state index contributed by atoms with van der Waals surface area (Å²) in [6, 6.07) is 10.4. The average molecular weight is 429 g/mol. The zero-order valence-corrected chi connectivity index (χ0v) is 21.2. The van der Waals surface area contributed by atoms with Gasteiger partial charge in [-0.2, -0.15) is 0 Å². The van der Waals surface area contributed by atoms with Crippen molar-refractivity contribution in [2.45, 2.75) is 71.7 Å². The topological polar surface area (TPSA) is 35.5 Å². The van der Waals surface area contributed by atoms with Crippen LogP contribution in [0.4, 0.5) is 0 Å². The number of ether oxygens (including phenoxy) is 1. The summed E-state index contributed by atoms with van der Waals surface area (Å²) in [5.74, 6) is 1.05. The molecule has 1 aromatic rings. The van der Waals surface area contributed by atoms with Crippen LogP contribution in [0.5, 0.6) is 0 Å². The smallest absolute Gasteiger partial charge is 0.312 e. The number of carbonyl (C=O) groups excluding carboxylic acids is 1. The van der Waals surface area contributed by atoms with Crippen molar-refractivity contribution in [3.8, 4) is 0 Å². The Morgan fingerprint density at radius 3 is 2.17 bits per heavy atom. The van der Waals surface area contributed by atoms with Crippen LogP contribution in [-0.4, -0.2) is 27.5 Å². The average Bonchev–Trinajstić information content (AvgIpc) is 2.92. The molecule has 0 bridgehead atoms. The van der Waals surface area contributed by atoms with Gasteiger partial charge in [0.2, 0.25) is 0 Å². The fourth-order valence-corrected chi connectivity index (χ4v) is 7.26. The van der Waals surface area contributed by atoms with Crippen LogP contribution >= 0.6 is 0 Å². The first-order valence-corrected chi connectivity index (χ1v) is 14.3. The molecule has 0 heterocycles. The summed E-state index contributed by atoms with van der Waals surface area (Å²) in [6.45, 7) is 18.3. The Labute approximate surface area is 184 Å². The summed E-state index contributed by atoms with van der Waals surface area (Å²) in [5, 5.41) is 0.161. The molecule has 1 fully saturated rings. The molecule has 4 heteroatoms. The molecular weight excluding hydrogens is 388 g/mol. The molecule has 0 saturated heterocycles. The maximum Gasteiger partial charge on any atom is 0.312 e. The van der Waals surface area contributed by atoms with Crippen LogP contribution in [0.1, 0.15) is 53.0 Å². The van der Waals surface area contributed by atoms with Gasteiger partial charge in [-0.1, -0.05) is 77.1 Å².